The molecule has 70 valence electrons. The Labute approximate surface area is 74.3 Å². The number of ether oxygens (including phenoxy) is 1. The first-order valence-corrected chi connectivity index (χ1v) is 4.84. The van der Waals surface area contributed by atoms with Crippen molar-refractivity contribution < 1.29 is 9.53 Å². The average molecular weight is 170 g/mol. The molecule has 1 rings (SSSR count). The lowest BCUT2D eigenvalue weighted by molar-refractivity contribution is -0.108. The average Bonchev–Trinajstić information content (AvgIpc) is 2.47. The zero-order valence-corrected chi connectivity index (χ0v) is 7.84. The summed E-state index contributed by atoms with van der Waals surface area (Å²) in [6.45, 7) is 2.93. The van der Waals surface area contributed by atoms with Gasteiger partial charge >= 0.3 is 0 Å². The molecule has 0 heterocycles. The summed E-state index contributed by atoms with van der Waals surface area (Å²) in [6, 6.07) is 0. The van der Waals surface area contributed by atoms with Gasteiger partial charge in [0.25, 0.3) is 0 Å². The third-order valence-electron chi connectivity index (χ3n) is 2.58. The predicted molar refractivity (Wildman–Crippen MR) is 48.1 cm³/mol. The van der Waals surface area contributed by atoms with Crippen LogP contribution >= 0.6 is 0 Å². The maximum absolute atomic E-state index is 10.0. The Morgan fingerprint density at radius 1 is 1.42 bits per heavy atom. The Morgan fingerprint density at radius 2 is 2.08 bits per heavy atom. The SMILES string of the molecule is CC1(OCCCC=O)CCCC1. The largest absolute Gasteiger partial charge is 0.375 e. The molecule has 0 saturated heterocycles. The van der Waals surface area contributed by atoms with Crippen molar-refractivity contribution in [1.82, 2.24) is 0 Å². The molecule has 1 saturated carbocycles. The third kappa shape index (κ3) is 2.94. The van der Waals surface area contributed by atoms with Gasteiger partial charge in [-0.2, -0.15) is 0 Å². The van der Waals surface area contributed by atoms with E-state index in [1.807, 2.05) is 0 Å². The molecule has 0 aromatic rings. The number of aldehydes is 1. The van der Waals surface area contributed by atoms with E-state index < -0.39 is 0 Å². The first kappa shape index (κ1) is 9.72. The van der Waals surface area contributed by atoms with Crippen molar-refractivity contribution in [2.75, 3.05) is 6.61 Å². The van der Waals surface area contributed by atoms with Gasteiger partial charge in [0.1, 0.15) is 6.29 Å². The molecule has 2 nitrogen and oxygen atoms in total. The number of rotatable bonds is 5. The van der Waals surface area contributed by atoms with Crippen LogP contribution in [-0.4, -0.2) is 18.5 Å². The van der Waals surface area contributed by atoms with E-state index in [4.69, 9.17) is 4.74 Å². The summed E-state index contributed by atoms with van der Waals surface area (Å²) in [7, 11) is 0. The predicted octanol–water partition coefficient (Wildman–Crippen LogP) is 2.31. The maximum Gasteiger partial charge on any atom is 0.120 e. The fourth-order valence-corrected chi connectivity index (χ4v) is 1.75. The molecule has 12 heavy (non-hydrogen) atoms. The van der Waals surface area contributed by atoms with E-state index in [0.717, 1.165) is 19.3 Å². The quantitative estimate of drug-likeness (QED) is 0.467. The molecule has 2 heteroatoms. The second kappa shape index (κ2) is 4.61. The number of carbonyl (C=O) groups excluding carboxylic acids is 1. The number of hydrogen-bond acceptors (Lipinski definition) is 2. The standard InChI is InChI=1S/C10H18O2/c1-10(6-2-3-7-10)12-9-5-4-8-11/h8H,2-7,9H2,1H3. The number of hydrogen-bond donors (Lipinski definition) is 0. The van der Waals surface area contributed by atoms with Gasteiger partial charge < -0.3 is 9.53 Å². The summed E-state index contributed by atoms with van der Waals surface area (Å²) in [5, 5.41) is 0. The molecule has 0 N–H and O–H groups in total. The lowest BCUT2D eigenvalue weighted by Crippen LogP contribution is -2.24. The summed E-state index contributed by atoms with van der Waals surface area (Å²) in [5.41, 5.74) is 0.128. The summed E-state index contributed by atoms with van der Waals surface area (Å²) in [6.07, 6.45) is 7.44. The fraction of sp³-hybridized carbons (Fsp3) is 0.900. The van der Waals surface area contributed by atoms with E-state index in [9.17, 15) is 4.79 Å². The van der Waals surface area contributed by atoms with Crippen LogP contribution in [0.4, 0.5) is 0 Å². The van der Waals surface area contributed by atoms with Crippen LogP contribution < -0.4 is 0 Å². The molecule has 0 aliphatic heterocycles. The minimum Gasteiger partial charge on any atom is -0.375 e. The van der Waals surface area contributed by atoms with Gasteiger partial charge in [0.2, 0.25) is 0 Å². The van der Waals surface area contributed by atoms with Crippen molar-refractivity contribution in [3.63, 3.8) is 0 Å². The Bertz CT molecular complexity index is 137. The molecule has 0 spiro atoms. The van der Waals surface area contributed by atoms with Gasteiger partial charge in [-0.3, -0.25) is 0 Å². The van der Waals surface area contributed by atoms with Gasteiger partial charge in [0.05, 0.1) is 5.60 Å². The smallest absolute Gasteiger partial charge is 0.120 e. The Hall–Kier alpha value is -0.370. The molecule has 0 amide bonds. The zero-order chi connectivity index (χ0) is 8.86. The van der Waals surface area contributed by atoms with Crippen molar-refractivity contribution in [2.45, 2.75) is 51.0 Å². The summed E-state index contributed by atoms with van der Waals surface area (Å²) >= 11 is 0. The molecule has 0 bridgehead atoms. The van der Waals surface area contributed by atoms with Crippen molar-refractivity contribution >= 4 is 6.29 Å². The Balaban J connectivity index is 2.08. The van der Waals surface area contributed by atoms with Crippen LogP contribution in [0.1, 0.15) is 45.4 Å². The van der Waals surface area contributed by atoms with Crippen LogP contribution in [0.3, 0.4) is 0 Å². The minimum absolute atomic E-state index is 0.128. The van der Waals surface area contributed by atoms with Crippen molar-refractivity contribution in [3.05, 3.63) is 0 Å². The molecule has 0 unspecified atom stereocenters. The molecule has 1 fully saturated rings. The lowest BCUT2D eigenvalue weighted by Gasteiger charge is -2.23. The summed E-state index contributed by atoms with van der Waals surface area (Å²) in [4.78, 5) is 10.0. The van der Waals surface area contributed by atoms with Crippen molar-refractivity contribution in [2.24, 2.45) is 0 Å². The molecule has 0 radical (unpaired) electrons. The molecule has 1 aliphatic carbocycles. The minimum atomic E-state index is 0.128. The highest BCUT2D eigenvalue weighted by molar-refractivity contribution is 5.48. The van der Waals surface area contributed by atoms with Crippen LogP contribution in [0, 0.1) is 0 Å². The highest BCUT2D eigenvalue weighted by atomic mass is 16.5. The molecular weight excluding hydrogens is 152 g/mol. The molecular formula is C10H18O2. The topological polar surface area (TPSA) is 26.3 Å². The van der Waals surface area contributed by atoms with Gasteiger partial charge in [-0.15, -0.1) is 0 Å². The third-order valence-corrected chi connectivity index (χ3v) is 2.58. The van der Waals surface area contributed by atoms with E-state index in [0.29, 0.717) is 6.42 Å². The Kier molecular flexibility index (Phi) is 3.73. The van der Waals surface area contributed by atoms with Crippen LogP contribution in [-0.2, 0) is 9.53 Å². The first-order chi connectivity index (χ1) is 5.77. The van der Waals surface area contributed by atoms with Crippen LogP contribution in [0.5, 0.6) is 0 Å². The van der Waals surface area contributed by atoms with Gasteiger partial charge in [0.15, 0.2) is 0 Å². The summed E-state index contributed by atoms with van der Waals surface area (Å²) < 4.78 is 5.73. The van der Waals surface area contributed by atoms with E-state index in [1.165, 1.54) is 25.7 Å². The highest BCUT2D eigenvalue weighted by Gasteiger charge is 2.28. The Morgan fingerprint density at radius 3 is 2.67 bits per heavy atom. The molecule has 0 atom stereocenters. The van der Waals surface area contributed by atoms with E-state index >= 15 is 0 Å². The highest BCUT2D eigenvalue weighted by Crippen LogP contribution is 2.32. The first-order valence-electron chi connectivity index (χ1n) is 4.84. The molecule has 0 aromatic carbocycles. The van der Waals surface area contributed by atoms with E-state index in [-0.39, 0.29) is 5.60 Å². The van der Waals surface area contributed by atoms with E-state index in [1.54, 1.807) is 0 Å². The number of unbranched alkanes of at least 4 members (excludes halogenated alkanes) is 1. The maximum atomic E-state index is 10.0. The normalized spacial score (nSPS) is 21.1. The second-order valence-corrected chi connectivity index (χ2v) is 3.81. The lowest BCUT2D eigenvalue weighted by atomic mass is 10.1. The van der Waals surface area contributed by atoms with Crippen molar-refractivity contribution in [1.29, 1.82) is 0 Å². The summed E-state index contributed by atoms with van der Waals surface area (Å²) in [5.74, 6) is 0. The zero-order valence-electron chi connectivity index (χ0n) is 7.84. The van der Waals surface area contributed by atoms with Gasteiger partial charge in [0, 0.05) is 13.0 Å². The van der Waals surface area contributed by atoms with Gasteiger partial charge in [-0.05, 0) is 26.2 Å². The van der Waals surface area contributed by atoms with Crippen LogP contribution in [0.25, 0.3) is 0 Å². The number of carbonyl (C=O) groups is 1. The van der Waals surface area contributed by atoms with Crippen molar-refractivity contribution in [3.8, 4) is 0 Å². The van der Waals surface area contributed by atoms with Crippen LogP contribution in [0.15, 0.2) is 0 Å². The van der Waals surface area contributed by atoms with Gasteiger partial charge in [-0.25, -0.2) is 0 Å². The van der Waals surface area contributed by atoms with Crippen LogP contribution in [0.2, 0.25) is 0 Å². The molecule has 0 aromatic heterocycles. The molecule has 1 aliphatic rings. The fourth-order valence-electron chi connectivity index (χ4n) is 1.75. The monoisotopic (exact) mass is 170 g/mol. The second-order valence-electron chi connectivity index (χ2n) is 3.81. The van der Waals surface area contributed by atoms with E-state index in [2.05, 4.69) is 6.92 Å². The van der Waals surface area contributed by atoms with Gasteiger partial charge in [-0.1, -0.05) is 12.8 Å².